The summed E-state index contributed by atoms with van der Waals surface area (Å²) in [6, 6.07) is 14.1. The number of fused-ring (bicyclic) bond motifs is 1. The third-order valence-corrected chi connectivity index (χ3v) is 5.55. The molecule has 30 heavy (non-hydrogen) atoms. The summed E-state index contributed by atoms with van der Waals surface area (Å²) in [7, 11) is 1.57. The van der Waals surface area contributed by atoms with Crippen LogP contribution in [0.4, 0.5) is 0 Å². The van der Waals surface area contributed by atoms with Crippen LogP contribution in [0, 0.1) is 0 Å². The molecule has 0 saturated carbocycles. The van der Waals surface area contributed by atoms with Crippen molar-refractivity contribution in [3.8, 4) is 5.75 Å². The number of rotatable bonds is 6. The van der Waals surface area contributed by atoms with Gasteiger partial charge < -0.3 is 19.7 Å². The molecule has 6 heteroatoms. The summed E-state index contributed by atoms with van der Waals surface area (Å²) < 4.78 is 5.34. The first-order valence-corrected chi connectivity index (χ1v) is 10.1. The first kappa shape index (κ1) is 19.8. The number of aliphatic hydroxyl groups is 1. The lowest BCUT2D eigenvalue weighted by Crippen LogP contribution is -2.30. The van der Waals surface area contributed by atoms with Crippen LogP contribution in [-0.4, -0.2) is 40.3 Å². The van der Waals surface area contributed by atoms with Gasteiger partial charge in [-0.05, 0) is 30.2 Å². The van der Waals surface area contributed by atoms with Gasteiger partial charge in [0, 0.05) is 29.2 Å². The normalized spacial score (nSPS) is 18.3. The highest BCUT2D eigenvalue weighted by molar-refractivity contribution is 6.46. The first-order chi connectivity index (χ1) is 14.6. The molecule has 2 aromatic carbocycles. The van der Waals surface area contributed by atoms with E-state index in [2.05, 4.69) is 4.98 Å². The Morgan fingerprint density at radius 3 is 2.73 bits per heavy atom. The Morgan fingerprint density at radius 2 is 1.97 bits per heavy atom. The second-order valence-corrected chi connectivity index (χ2v) is 7.37. The monoisotopic (exact) mass is 404 g/mol. The van der Waals surface area contributed by atoms with Crippen LogP contribution >= 0.6 is 0 Å². The zero-order chi connectivity index (χ0) is 21.3. The highest BCUT2D eigenvalue weighted by Gasteiger charge is 2.46. The van der Waals surface area contributed by atoms with E-state index in [4.69, 9.17) is 4.74 Å². The van der Waals surface area contributed by atoms with Gasteiger partial charge in [0.15, 0.2) is 0 Å². The van der Waals surface area contributed by atoms with Crippen molar-refractivity contribution in [3.63, 3.8) is 0 Å². The number of nitrogens with one attached hydrogen (secondary N) is 1. The lowest BCUT2D eigenvalue weighted by molar-refractivity contribution is -0.139. The number of likely N-dealkylation sites (tertiary alicyclic amines) is 1. The number of methoxy groups -OCH3 is 1. The molecule has 1 aliphatic rings. The molecule has 1 aliphatic heterocycles. The number of para-hydroxylation sites is 1. The molecule has 1 unspecified atom stereocenters. The maximum Gasteiger partial charge on any atom is 0.295 e. The number of amides is 1. The summed E-state index contributed by atoms with van der Waals surface area (Å²) >= 11 is 0. The predicted molar refractivity (Wildman–Crippen MR) is 115 cm³/mol. The van der Waals surface area contributed by atoms with Crippen molar-refractivity contribution in [2.45, 2.75) is 25.8 Å². The molecule has 1 saturated heterocycles. The van der Waals surface area contributed by atoms with Crippen LogP contribution in [-0.2, 0) is 9.59 Å². The number of hydrogen-bond donors (Lipinski definition) is 2. The third-order valence-electron chi connectivity index (χ3n) is 5.55. The van der Waals surface area contributed by atoms with E-state index in [1.165, 1.54) is 0 Å². The summed E-state index contributed by atoms with van der Waals surface area (Å²) in [6.07, 6.45) is 3.32. The fraction of sp³-hybridized carbons (Fsp3) is 0.250. The van der Waals surface area contributed by atoms with E-state index in [0.717, 1.165) is 29.3 Å². The fourth-order valence-electron chi connectivity index (χ4n) is 4.01. The van der Waals surface area contributed by atoms with Crippen LogP contribution in [0.1, 0.15) is 36.9 Å². The highest BCUT2D eigenvalue weighted by atomic mass is 16.5. The van der Waals surface area contributed by atoms with E-state index in [1.54, 1.807) is 30.3 Å². The van der Waals surface area contributed by atoms with E-state index in [9.17, 15) is 14.7 Å². The van der Waals surface area contributed by atoms with Gasteiger partial charge in [0.25, 0.3) is 11.7 Å². The molecule has 2 heterocycles. The zero-order valence-corrected chi connectivity index (χ0v) is 17.0. The van der Waals surface area contributed by atoms with Crippen LogP contribution in [0.15, 0.2) is 60.3 Å². The Hall–Kier alpha value is -3.54. The number of nitrogens with zero attached hydrogens (tertiary/aromatic N) is 1. The van der Waals surface area contributed by atoms with Crippen LogP contribution in [0.5, 0.6) is 5.75 Å². The Morgan fingerprint density at radius 1 is 1.17 bits per heavy atom. The van der Waals surface area contributed by atoms with Crippen molar-refractivity contribution in [1.82, 2.24) is 9.88 Å². The average Bonchev–Trinajstić information content (AvgIpc) is 3.31. The Bertz CT molecular complexity index is 1140. The van der Waals surface area contributed by atoms with Crippen LogP contribution in [0.25, 0.3) is 16.7 Å². The molecule has 0 bridgehead atoms. The molecular formula is C24H24N2O4. The molecule has 0 spiro atoms. The first-order valence-electron chi connectivity index (χ1n) is 10.1. The van der Waals surface area contributed by atoms with E-state index in [-0.39, 0.29) is 11.3 Å². The summed E-state index contributed by atoms with van der Waals surface area (Å²) in [5.74, 6) is -0.794. The van der Waals surface area contributed by atoms with Gasteiger partial charge in [-0.1, -0.05) is 43.7 Å². The maximum absolute atomic E-state index is 13.0. The molecule has 1 fully saturated rings. The lowest BCUT2D eigenvalue weighted by Gasteiger charge is -2.25. The van der Waals surface area contributed by atoms with E-state index in [1.807, 2.05) is 43.3 Å². The van der Waals surface area contributed by atoms with Crippen molar-refractivity contribution >= 4 is 28.4 Å². The smallest absolute Gasteiger partial charge is 0.295 e. The zero-order valence-electron chi connectivity index (χ0n) is 17.0. The quantitative estimate of drug-likeness (QED) is 0.362. The summed E-state index contributed by atoms with van der Waals surface area (Å²) in [4.78, 5) is 30.6. The number of hydrogen-bond acceptors (Lipinski definition) is 4. The second kappa shape index (κ2) is 8.06. The topological polar surface area (TPSA) is 82.6 Å². The van der Waals surface area contributed by atoms with E-state index in [0.29, 0.717) is 17.9 Å². The average molecular weight is 404 g/mol. The number of unbranched alkanes of at least 4 members (excludes halogenated alkanes) is 1. The number of benzene rings is 2. The van der Waals surface area contributed by atoms with Gasteiger partial charge in [0.1, 0.15) is 11.5 Å². The van der Waals surface area contributed by atoms with Crippen LogP contribution < -0.4 is 4.74 Å². The lowest BCUT2D eigenvalue weighted by atomic mass is 9.95. The minimum Gasteiger partial charge on any atom is -0.507 e. The SMILES string of the molecule is CCCCN1C(=O)C(=O)/C(=C(\O)c2c[nH]c3ccccc23)C1c1cccc(OC)c1. The Labute approximate surface area is 174 Å². The minimum absolute atomic E-state index is 0.106. The largest absolute Gasteiger partial charge is 0.507 e. The number of Topliss-reactive ketones (excluding diaryl/α,β-unsaturated/α-hetero) is 1. The molecule has 0 radical (unpaired) electrons. The number of aromatic nitrogens is 1. The molecule has 3 aromatic rings. The number of aromatic amines is 1. The molecule has 0 aliphatic carbocycles. The number of carbonyl (C=O) groups is 2. The molecule has 154 valence electrons. The second-order valence-electron chi connectivity index (χ2n) is 7.37. The highest BCUT2D eigenvalue weighted by Crippen LogP contribution is 2.41. The summed E-state index contributed by atoms with van der Waals surface area (Å²) in [5.41, 5.74) is 2.18. The van der Waals surface area contributed by atoms with Gasteiger partial charge in [-0.15, -0.1) is 0 Å². The van der Waals surface area contributed by atoms with Gasteiger partial charge in [-0.25, -0.2) is 0 Å². The summed E-state index contributed by atoms with van der Waals surface area (Å²) in [6.45, 7) is 2.47. The molecular weight excluding hydrogens is 380 g/mol. The van der Waals surface area contributed by atoms with Crippen molar-refractivity contribution in [2.75, 3.05) is 13.7 Å². The number of ketones is 1. The molecule has 1 amide bonds. The van der Waals surface area contributed by atoms with Crippen LogP contribution in [0.3, 0.4) is 0 Å². The fourth-order valence-corrected chi connectivity index (χ4v) is 4.01. The maximum atomic E-state index is 13.0. The van der Waals surface area contributed by atoms with Gasteiger partial charge in [0.05, 0.1) is 18.7 Å². The predicted octanol–water partition coefficient (Wildman–Crippen LogP) is 4.40. The summed E-state index contributed by atoms with van der Waals surface area (Å²) in [5, 5.41) is 12.0. The number of carbonyl (C=O) groups excluding carboxylic acids is 2. The van der Waals surface area contributed by atoms with Crippen molar-refractivity contribution in [1.29, 1.82) is 0 Å². The molecule has 1 aromatic heterocycles. The molecule has 6 nitrogen and oxygen atoms in total. The molecule has 1 atom stereocenters. The van der Waals surface area contributed by atoms with Crippen molar-refractivity contribution in [3.05, 3.63) is 71.4 Å². The minimum atomic E-state index is -0.666. The van der Waals surface area contributed by atoms with Crippen LogP contribution in [0.2, 0.25) is 0 Å². The standard InChI is InChI=1S/C24H24N2O4/c1-3-4-12-26-21(15-8-7-9-16(13-15)30-2)20(23(28)24(26)29)22(27)18-14-25-19-11-6-5-10-17(18)19/h5-11,13-14,21,25,27H,3-4,12H2,1-2H3/b22-20-. The Kier molecular flexibility index (Phi) is 5.31. The van der Waals surface area contributed by atoms with Crippen molar-refractivity contribution < 1.29 is 19.4 Å². The van der Waals surface area contributed by atoms with Gasteiger partial charge in [-0.2, -0.15) is 0 Å². The van der Waals surface area contributed by atoms with Crippen molar-refractivity contribution in [2.24, 2.45) is 0 Å². The van der Waals surface area contributed by atoms with E-state index < -0.39 is 17.7 Å². The number of ether oxygens (including phenoxy) is 1. The third kappa shape index (κ3) is 3.24. The Balaban J connectivity index is 1.91. The molecule has 2 N–H and O–H groups in total. The number of aliphatic hydroxyl groups excluding tert-OH is 1. The van der Waals surface area contributed by atoms with E-state index >= 15 is 0 Å². The van der Waals surface area contributed by atoms with Gasteiger partial charge in [0.2, 0.25) is 0 Å². The molecule has 4 rings (SSSR count). The van der Waals surface area contributed by atoms with Gasteiger partial charge in [-0.3, -0.25) is 9.59 Å². The number of H-pyrrole nitrogens is 1. The van der Waals surface area contributed by atoms with Gasteiger partial charge >= 0.3 is 0 Å².